The van der Waals surface area contributed by atoms with Crippen LogP contribution in [0.5, 0.6) is 5.75 Å². The highest BCUT2D eigenvalue weighted by Crippen LogP contribution is 2.27. The number of ether oxygens (including phenoxy) is 1. The van der Waals surface area contributed by atoms with Crippen molar-refractivity contribution in [3.63, 3.8) is 0 Å². The number of nitrogens with one attached hydrogen (secondary N) is 1. The topological polar surface area (TPSA) is 51.5 Å². The van der Waals surface area contributed by atoms with Crippen LogP contribution in [0.4, 0.5) is 5.69 Å². The molecule has 0 aliphatic rings. The van der Waals surface area contributed by atoms with Gasteiger partial charge in [0.1, 0.15) is 11.3 Å². The first-order valence-corrected chi connectivity index (χ1v) is 7.16. The van der Waals surface area contributed by atoms with Gasteiger partial charge in [0, 0.05) is 11.1 Å². The lowest BCUT2D eigenvalue weighted by Gasteiger charge is -2.04. The lowest BCUT2D eigenvalue weighted by molar-refractivity contribution is 0.0998. The smallest absolute Gasteiger partial charge is 0.291 e. The quantitative estimate of drug-likeness (QED) is 0.732. The standard InChI is InChI=1S/C16H11Cl2NO3/c1-21-11-3-5-14-9(6-11)7-15(22-14)16(20)19-10-2-4-12(17)13(18)8-10/h2-8H,1H3,(H,19,20). The van der Waals surface area contributed by atoms with Crippen molar-refractivity contribution >= 4 is 45.8 Å². The van der Waals surface area contributed by atoms with E-state index >= 15 is 0 Å². The highest BCUT2D eigenvalue weighted by atomic mass is 35.5. The minimum absolute atomic E-state index is 0.203. The van der Waals surface area contributed by atoms with E-state index < -0.39 is 0 Å². The third-order valence-corrected chi connectivity index (χ3v) is 3.86. The van der Waals surface area contributed by atoms with E-state index in [0.29, 0.717) is 27.1 Å². The summed E-state index contributed by atoms with van der Waals surface area (Å²) in [5, 5.41) is 4.29. The number of halogens is 2. The first-order valence-electron chi connectivity index (χ1n) is 6.41. The van der Waals surface area contributed by atoms with Gasteiger partial charge in [0.25, 0.3) is 5.91 Å². The largest absolute Gasteiger partial charge is 0.497 e. The average Bonchev–Trinajstić information content (AvgIpc) is 2.94. The molecule has 4 nitrogen and oxygen atoms in total. The normalized spacial score (nSPS) is 10.7. The summed E-state index contributed by atoms with van der Waals surface area (Å²) in [6, 6.07) is 11.8. The molecular formula is C16H11Cl2NO3. The van der Waals surface area contributed by atoms with Gasteiger partial charge in [-0.2, -0.15) is 0 Å². The fourth-order valence-electron chi connectivity index (χ4n) is 2.03. The van der Waals surface area contributed by atoms with E-state index in [1.807, 2.05) is 0 Å². The molecule has 3 rings (SSSR count). The molecule has 0 bridgehead atoms. The van der Waals surface area contributed by atoms with Crippen molar-refractivity contribution in [1.82, 2.24) is 0 Å². The number of anilines is 1. The average molecular weight is 336 g/mol. The van der Waals surface area contributed by atoms with E-state index in [-0.39, 0.29) is 11.7 Å². The molecule has 0 spiro atoms. The van der Waals surface area contributed by atoms with E-state index in [1.54, 1.807) is 49.6 Å². The first-order chi connectivity index (χ1) is 10.6. The predicted molar refractivity (Wildman–Crippen MR) is 87.2 cm³/mol. The van der Waals surface area contributed by atoms with Gasteiger partial charge in [0.2, 0.25) is 0 Å². The summed E-state index contributed by atoms with van der Waals surface area (Å²) in [6.07, 6.45) is 0. The van der Waals surface area contributed by atoms with E-state index in [0.717, 1.165) is 5.39 Å². The van der Waals surface area contributed by atoms with Crippen molar-refractivity contribution in [1.29, 1.82) is 0 Å². The number of carbonyl (C=O) groups excluding carboxylic acids is 1. The fourth-order valence-corrected chi connectivity index (χ4v) is 2.32. The van der Waals surface area contributed by atoms with Crippen molar-refractivity contribution in [2.24, 2.45) is 0 Å². The summed E-state index contributed by atoms with van der Waals surface area (Å²) in [7, 11) is 1.58. The second-order valence-corrected chi connectivity index (χ2v) is 5.41. The van der Waals surface area contributed by atoms with Crippen LogP contribution in [0.25, 0.3) is 11.0 Å². The van der Waals surface area contributed by atoms with Crippen LogP contribution in [-0.2, 0) is 0 Å². The van der Waals surface area contributed by atoms with Crippen molar-refractivity contribution < 1.29 is 13.9 Å². The Morgan fingerprint density at radius 3 is 2.64 bits per heavy atom. The van der Waals surface area contributed by atoms with Gasteiger partial charge in [-0.3, -0.25) is 4.79 Å². The highest BCUT2D eigenvalue weighted by Gasteiger charge is 2.13. The molecule has 1 heterocycles. The summed E-state index contributed by atoms with van der Waals surface area (Å²) < 4.78 is 10.7. The van der Waals surface area contributed by atoms with Crippen LogP contribution in [0.1, 0.15) is 10.6 Å². The van der Waals surface area contributed by atoms with Crippen molar-refractivity contribution in [3.05, 3.63) is 58.3 Å². The number of hydrogen-bond donors (Lipinski definition) is 1. The lowest BCUT2D eigenvalue weighted by Crippen LogP contribution is -2.10. The van der Waals surface area contributed by atoms with Gasteiger partial charge < -0.3 is 14.5 Å². The van der Waals surface area contributed by atoms with Gasteiger partial charge in [-0.1, -0.05) is 23.2 Å². The second kappa shape index (κ2) is 5.91. The van der Waals surface area contributed by atoms with Crippen LogP contribution >= 0.6 is 23.2 Å². The van der Waals surface area contributed by atoms with Crippen LogP contribution in [0.15, 0.2) is 46.9 Å². The number of hydrogen-bond acceptors (Lipinski definition) is 3. The van der Waals surface area contributed by atoms with Crippen molar-refractivity contribution in [3.8, 4) is 5.75 Å². The second-order valence-electron chi connectivity index (χ2n) is 4.60. The zero-order valence-corrected chi connectivity index (χ0v) is 13.0. The molecule has 0 saturated heterocycles. The minimum atomic E-state index is -0.367. The molecule has 1 aromatic heterocycles. The van der Waals surface area contributed by atoms with E-state index in [2.05, 4.69) is 5.32 Å². The lowest BCUT2D eigenvalue weighted by atomic mass is 10.2. The third kappa shape index (κ3) is 2.89. The van der Waals surface area contributed by atoms with Gasteiger partial charge in [-0.15, -0.1) is 0 Å². The zero-order valence-electron chi connectivity index (χ0n) is 11.5. The maximum Gasteiger partial charge on any atom is 0.291 e. The summed E-state index contributed by atoms with van der Waals surface area (Å²) in [6.45, 7) is 0. The van der Waals surface area contributed by atoms with Crippen molar-refractivity contribution in [2.75, 3.05) is 12.4 Å². The molecule has 1 amide bonds. The number of fused-ring (bicyclic) bond motifs is 1. The molecule has 0 saturated carbocycles. The highest BCUT2D eigenvalue weighted by molar-refractivity contribution is 6.42. The van der Waals surface area contributed by atoms with Crippen LogP contribution in [0.2, 0.25) is 10.0 Å². The van der Waals surface area contributed by atoms with Crippen LogP contribution < -0.4 is 10.1 Å². The Bertz CT molecular complexity index is 858. The van der Waals surface area contributed by atoms with Crippen LogP contribution in [-0.4, -0.2) is 13.0 Å². The number of furan rings is 1. The van der Waals surface area contributed by atoms with Gasteiger partial charge in [0.05, 0.1) is 17.2 Å². The predicted octanol–water partition coefficient (Wildman–Crippen LogP) is 5.00. The maximum atomic E-state index is 12.2. The molecule has 0 unspecified atom stereocenters. The molecule has 22 heavy (non-hydrogen) atoms. The Kier molecular flexibility index (Phi) is 3.96. The molecule has 0 radical (unpaired) electrons. The minimum Gasteiger partial charge on any atom is -0.497 e. The van der Waals surface area contributed by atoms with Crippen LogP contribution in [0.3, 0.4) is 0 Å². The Balaban J connectivity index is 1.86. The third-order valence-electron chi connectivity index (χ3n) is 3.12. The Hall–Kier alpha value is -2.17. The van der Waals surface area contributed by atoms with E-state index in [1.165, 1.54) is 0 Å². The SMILES string of the molecule is COc1ccc2oc(C(=O)Nc3ccc(Cl)c(Cl)c3)cc2c1. The zero-order chi connectivity index (χ0) is 15.7. The Morgan fingerprint density at radius 1 is 1.09 bits per heavy atom. The van der Waals surface area contributed by atoms with Crippen molar-refractivity contribution in [2.45, 2.75) is 0 Å². The fraction of sp³-hybridized carbons (Fsp3) is 0.0625. The molecule has 112 valence electrons. The number of benzene rings is 2. The summed E-state index contributed by atoms with van der Waals surface area (Å²) in [5.41, 5.74) is 1.15. The van der Waals surface area contributed by atoms with Gasteiger partial charge in [-0.25, -0.2) is 0 Å². The first kappa shape index (κ1) is 14.8. The number of rotatable bonds is 3. The number of amides is 1. The molecule has 0 aliphatic carbocycles. The molecule has 6 heteroatoms. The molecule has 0 aliphatic heterocycles. The molecule has 3 aromatic rings. The maximum absolute atomic E-state index is 12.2. The summed E-state index contributed by atoms with van der Waals surface area (Å²) in [5.74, 6) is 0.535. The number of carbonyl (C=O) groups is 1. The van der Waals surface area contributed by atoms with Gasteiger partial charge in [0.15, 0.2) is 5.76 Å². The molecule has 0 atom stereocenters. The van der Waals surface area contributed by atoms with Gasteiger partial charge >= 0.3 is 0 Å². The Labute approximate surface area is 136 Å². The monoisotopic (exact) mass is 335 g/mol. The van der Waals surface area contributed by atoms with Crippen LogP contribution in [0, 0.1) is 0 Å². The number of methoxy groups -OCH3 is 1. The Morgan fingerprint density at radius 2 is 1.91 bits per heavy atom. The van der Waals surface area contributed by atoms with Gasteiger partial charge in [-0.05, 0) is 42.5 Å². The summed E-state index contributed by atoms with van der Waals surface area (Å²) >= 11 is 11.8. The van der Waals surface area contributed by atoms with E-state index in [4.69, 9.17) is 32.4 Å². The molecule has 1 N–H and O–H groups in total. The molecule has 2 aromatic carbocycles. The van der Waals surface area contributed by atoms with E-state index in [9.17, 15) is 4.79 Å². The molecular weight excluding hydrogens is 325 g/mol. The summed E-state index contributed by atoms with van der Waals surface area (Å²) in [4.78, 5) is 12.2. The molecule has 0 fully saturated rings.